The number of carbonyl (C=O) groups is 1. The van der Waals surface area contributed by atoms with E-state index in [0.29, 0.717) is 13.2 Å². The number of pyridine rings is 1. The molecule has 1 unspecified atom stereocenters. The third-order valence-corrected chi connectivity index (χ3v) is 2.42. The number of rotatable bonds is 4. The molecule has 1 saturated heterocycles. The zero-order valence-electron chi connectivity index (χ0n) is 8.76. The first-order chi connectivity index (χ1) is 7.75. The number of carboxylic acid groups (broad SMARTS) is 1. The van der Waals surface area contributed by atoms with Crippen LogP contribution in [0.1, 0.15) is 22.5 Å². The Morgan fingerprint density at radius 3 is 3.25 bits per heavy atom. The van der Waals surface area contributed by atoms with Gasteiger partial charge in [-0.25, -0.2) is 9.78 Å². The van der Waals surface area contributed by atoms with Crippen molar-refractivity contribution in [2.24, 2.45) is 0 Å². The summed E-state index contributed by atoms with van der Waals surface area (Å²) in [5.74, 6) is -1.02. The first-order valence-corrected chi connectivity index (χ1v) is 5.13. The van der Waals surface area contributed by atoms with E-state index in [1.165, 1.54) is 12.3 Å². The smallest absolute Gasteiger partial charge is 0.354 e. The number of ether oxygens (including phenoxy) is 2. The minimum absolute atomic E-state index is 0.0452. The average Bonchev–Trinajstić information content (AvgIpc) is 2.79. The van der Waals surface area contributed by atoms with Crippen LogP contribution in [0.2, 0.25) is 0 Å². The molecule has 1 aromatic heterocycles. The van der Waals surface area contributed by atoms with E-state index in [-0.39, 0.29) is 11.8 Å². The molecule has 1 aliphatic rings. The van der Waals surface area contributed by atoms with Crippen molar-refractivity contribution in [3.05, 3.63) is 29.6 Å². The molecule has 1 N–H and O–H groups in total. The van der Waals surface area contributed by atoms with E-state index in [1.54, 1.807) is 6.07 Å². The normalized spacial score (nSPS) is 19.9. The molecule has 0 bridgehead atoms. The molecule has 2 rings (SSSR count). The van der Waals surface area contributed by atoms with Gasteiger partial charge in [-0.1, -0.05) is 0 Å². The summed E-state index contributed by atoms with van der Waals surface area (Å²) in [7, 11) is 0. The number of carboxylic acids is 1. The Bertz CT molecular complexity index is 374. The lowest BCUT2D eigenvalue weighted by Gasteiger charge is -2.09. The predicted octanol–water partition coefficient (Wildman–Crippen LogP) is 1.09. The van der Waals surface area contributed by atoms with Gasteiger partial charge in [-0.05, 0) is 24.1 Å². The van der Waals surface area contributed by atoms with Gasteiger partial charge in [0.15, 0.2) is 0 Å². The molecule has 1 aromatic rings. The van der Waals surface area contributed by atoms with Crippen LogP contribution in [-0.2, 0) is 16.1 Å². The molecule has 5 heteroatoms. The Morgan fingerprint density at radius 1 is 1.69 bits per heavy atom. The Balaban J connectivity index is 1.93. The average molecular weight is 223 g/mol. The zero-order valence-corrected chi connectivity index (χ0v) is 8.76. The van der Waals surface area contributed by atoms with Gasteiger partial charge in [0.25, 0.3) is 0 Å². The van der Waals surface area contributed by atoms with E-state index in [1.807, 2.05) is 0 Å². The molecule has 0 saturated carbocycles. The monoisotopic (exact) mass is 223 g/mol. The third-order valence-electron chi connectivity index (χ3n) is 2.42. The van der Waals surface area contributed by atoms with Crippen molar-refractivity contribution in [3.63, 3.8) is 0 Å². The maximum Gasteiger partial charge on any atom is 0.354 e. The molecule has 1 aliphatic heterocycles. The van der Waals surface area contributed by atoms with E-state index in [2.05, 4.69) is 4.98 Å². The number of nitrogens with zero attached hydrogens (tertiary/aromatic N) is 1. The molecule has 0 aromatic carbocycles. The van der Waals surface area contributed by atoms with Gasteiger partial charge < -0.3 is 14.6 Å². The van der Waals surface area contributed by atoms with Crippen LogP contribution in [0.15, 0.2) is 18.3 Å². The Kier molecular flexibility index (Phi) is 3.48. The Hall–Kier alpha value is -1.46. The van der Waals surface area contributed by atoms with Crippen LogP contribution in [0, 0.1) is 0 Å². The first-order valence-electron chi connectivity index (χ1n) is 5.13. The second-order valence-corrected chi connectivity index (χ2v) is 3.65. The third kappa shape index (κ3) is 2.77. The minimum atomic E-state index is -1.02. The summed E-state index contributed by atoms with van der Waals surface area (Å²) in [6.45, 7) is 1.76. The van der Waals surface area contributed by atoms with Crippen molar-refractivity contribution >= 4 is 5.97 Å². The molecular formula is C11H13NO4. The van der Waals surface area contributed by atoms with Crippen LogP contribution < -0.4 is 0 Å². The fourth-order valence-corrected chi connectivity index (χ4v) is 1.54. The topological polar surface area (TPSA) is 68.7 Å². The van der Waals surface area contributed by atoms with Gasteiger partial charge in [0.2, 0.25) is 0 Å². The van der Waals surface area contributed by atoms with E-state index in [4.69, 9.17) is 14.6 Å². The molecule has 16 heavy (non-hydrogen) atoms. The van der Waals surface area contributed by atoms with Crippen molar-refractivity contribution in [3.8, 4) is 0 Å². The maximum absolute atomic E-state index is 10.7. The minimum Gasteiger partial charge on any atom is -0.477 e. The lowest BCUT2D eigenvalue weighted by molar-refractivity contribution is 0.0316. The summed E-state index contributed by atoms with van der Waals surface area (Å²) < 4.78 is 10.8. The summed E-state index contributed by atoms with van der Waals surface area (Å²) in [6, 6.07) is 3.28. The van der Waals surface area contributed by atoms with Gasteiger partial charge in [-0.15, -0.1) is 0 Å². The lowest BCUT2D eigenvalue weighted by Crippen LogP contribution is -2.12. The summed E-state index contributed by atoms with van der Waals surface area (Å²) in [6.07, 6.45) is 2.51. The quantitative estimate of drug-likeness (QED) is 0.827. The van der Waals surface area contributed by atoms with E-state index >= 15 is 0 Å². The largest absolute Gasteiger partial charge is 0.477 e. The van der Waals surface area contributed by atoms with Crippen LogP contribution in [0.3, 0.4) is 0 Å². The number of aromatic nitrogens is 1. The molecule has 0 spiro atoms. The maximum atomic E-state index is 10.7. The van der Waals surface area contributed by atoms with E-state index in [9.17, 15) is 4.79 Å². The Labute approximate surface area is 93.0 Å². The summed E-state index contributed by atoms with van der Waals surface area (Å²) in [5, 5.41) is 8.77. The van der Waals surface area contributed by atoms with Crippen LogP contribution in [0.4, 0.5) is 0 Å². The van der Waals surface area contributed by atoms with Gasteiger partial charge in [0.1, 0.15) is 5.69 Å². The number of aromatic carboxylic acids is 1. The highest BCUT2D eigenvalue weighted by atomic mass is 16.5. The highest BCUT2D eigenvalue weighted by Crippen LogP contribution is 2.11. The van der Waals surface area contributed by atoms with Gasteiger partial charge in [0.05, 0.1) is 19.3 Å². The Morgan fingerprint density at radius 2 is 2.56 bits per heavy atom. The molecular weight excluding hydrogens is 210 g/mol. The molecule has 1 atom stereocenters. The van der Waals surface area contributed by atoms with Crippen molar-refractivity contribution in [1.82, 2.24) is 4.98 Å². The number of hydrogen-bond donors (Lipinski definition) is 1. The van der Waals surface area contributed by atoms with Crippen molar-refractivity contribution in [1.29, 1.82) is 0 Å². The standard InChI is InChI=1S/C11H13NO4/c13-11(14)10-5-8(1-3-12-10)6-16-9-2-4-15-7-9/h1,3,5,9H,2,4,6-7H2,(H,13,14). The van der Waals surface area contributed by atoms with Gasteiger partial charge in [0, 0.05) is 12.8 Å². The lowest BCUT2D eigenvalue weighted by atomic mass is 10.2. The molecule has 2 heterocycles. The summed E-state index contributed by atoms with van der Waals surface area (Å²) >= 11 is 0. The predicted molar refractivity (Wildman–Crippen MR) is 55.2 cm³/mol. The van der Waals surface area contributed by atoms with Crippen LogP contribution >= 0.6 is 0 Å². The van der Waals surface area contributed by atoms with Gasteiger partial charge >= 0.3 is 5.97 Å². The highest BCUT2D eigenvalue weighted by Gasteiger charge is 2.16. The molecule has 0 amide bonds. The SMILES string of the molecule is O=C(O)c1cc(COC2CCOC2)ccn1. The van der Waals surface area contributed by atoms with Crippen molar-refractivity contribution < 1.29 is 19.4 Å². The molecule has 5 nitrogen and oxygen atoms in total. The van der Waals surface area contributed by atoms with Crippen LogP contribution in [0.5, 0.6) is 0 Å². The van der Waals surface area contributed by atoms with E-state index < -0.39 is 5.97 Å². The van der Waals surface area contributed by atoms with Crippen molar-refractivity contribution in [2.75, 3.05) is 13.2 Å². The van der Waals surface area contributed by atoms with Crippen LogP contribution in [-0.4, -0.2) is 35.4 Å². The highest BCUT2D eigenvalue weighted by molar-refractivity contribution is 5.85. The molecule has 0 radical (unpaired) electrons. The van der Waals surface area contributed by atoms with Crippen LogP contribution in [0.25, 0.3) is 0 Å². The zero-order chi connectivity index (χ0) is 11.4. The summed E-state index contributed by atoms with van der Waals surface area (Å²) in [4.78, 5) is 14.4. The second-order valence-electron chi connectivity index (χ2n) is 3.65. The molecule has 1 fully saturated rings. The van der Waals surface area contributed by atoms with E-state index in [0.717, 1.165) is 18.6 Å². The fraction of sp³-hybridized carbons (Fsp3) is 0.455. The fourth-order valence-electron chi connectivity index (χ4n) is 1.54. The van der Waals surface area contributed by atoms with Gasteiger partial charge in [-0.3, -0.25) is 0 Å². The van der Waals surface area contributed by atoms with Crippen molar-refractivity contribution in [2.45, 2.75) is 19.1 Å². The molecule has 0 aliphatic carbocycles. The second kappa shape index (κ2) is 5.05. The first kappa shape index (κ1) is 11.0. The molecule has 86 valence electrons. The van der Waals surface area contributed by atoms with Gasteiger partial charge in [-0.2, -0.15) is 0 Å². The number of hydrogen-bond acceptors (Lipinski definition) is 4. The summed E-state index contributed by atoms with van der Waals surface area (Å²) in [5.41, 5.74) is 0.864.